The van der Waals surface area contributed by atoms with Crippen LogP contribution in [0, 0.1) is 0 Å². The van der Waals surface area contributed by atoms with Crippen molar-refractivity contribution in [3.05, 3.63) is 0 Å². The summed E-state index contributed by atoms with van der Waals surface area (Å²) < 4.78 is 4.90. The molecule has 0 aromatic heterocycles. The minimum atomic E-state index is -0.642. The lowest BCUT2D eigenvalue weighted by Crippen LogP contribution is -2.43. The van der Waals surface area contributed by atoms with E-state index < -0.39 is 24.3 Å². The van der Waals surface area contributed by atoms with Crippen LogP contribution in [0.2, 0.25) is 0 Å². The van der Waals surface area contributed by atoms with Crippen molar-refractivity contribution in [2.45, 2.75) is 109 Å². The van der Waals surface area contributed by atoms with E-state index in [-0.39, 0.29) is 6.61 Å². The number of rotatable bonds is 15. The number of amides is 1. The minimum Gasteiger partial charge on any atom is -0.441 e. The summed E-state index contributed by atoms with van der Waals surface area (Å²) in [6, 6.07) is -0.477. The van der Waals surface area contributed by atoms with Crippen molar-refractivity contribution in [2.24, 2.45) is 0 Å². The summed E-state index contributed by atoms with van der Waals surface area (Å²) in [4.78, 5) is 11.1. The number of nitrogens with one attached hydrogen (secondary N) is 1. The Morgan fingerprint density at radius 1 is 0.958 bits per heavy atom. The molecule has 0 aliphatic carbocycles. The molecular weight excluding hydrogens is 306 g/mol. The standard InChI is InChI=1S/C19H37NO4/c1-2-3-4-5-6-7-8-9-10-11-12-13-14-16(22)18-17(15-21)24-19(23)20-18/h16-18,21-22H,2-15H2,1H3,(H,20,23). The first-order chi connectivity index (χ1) is 11.7. The smallest absolute Gasteiger partial charge is 0.408 e. The maximum Gasteiger partial charge on any atom is 0.408 e. The average Bonchev–Trinajstić information content (AvgIpc) is 2.96. The number of hydrogen-bond acceptors (Lipinski definition) is 4. The van der Waals surface area contributed by atoms with Gasteiger partial charge in [-0.15, -0.1) is 0 Å². The molecule has 1 fully saturated rings. The molecule has 3 atom stereocenters. The maximum absolute atomic E-state index is 11.1. The summed E-state index contributed by atoms with van der Waals surface area (Å²) in [7, 11) is 0. The monoisotopic (exact) mass is 343 g/mol. The molecule has 0 aromatic rings. The number of unbranched alkanes of at least 4 members (excludes halogenated alkanes) is 11. The van der Waals surface area contributed by atoms with Gasteiger partial charge in [0.25, 0.3) is 0 Å². The fourth-order valence-corrected chi connectivity index (χ4v) is 3.34. The molecule has 3 N–H and O–H groups in total. The van der Waals surface area contributed by atoms with Gasteiger partial charge in [0.1, 0.15) is 6.10 Å². The second-order valence-corrected chi connectivity index (χ2v) is 7.04. The molecule has 1 aliphatic heterocycles. The number of cyclic esters (lactones) is 1. The Labute approximate surface area is 147 Å². The first kappa shape index (κ1) is 21.2. The van der Waals surface area contributed by atoms with Crippen LogP contribution < -0.4 is 5.32 Å². The first-order valence-electron chi connectivity index (χ1n) is 9.95. The molecule has 0 aromatic carbocycles. The molecule has 1 rings (SSSR count). The zero-order valence-corrected chi connectivity index (χ0v) is 15.3. The van der Waals surface area contributed by atoms with E-state index in [1.807, 2.05) is 0 Å². The summed E-state index contributed by atoms with van der Waals surface area (Å²) >= 11 is 0. The van der Waals surface area contributed by atoms with Crippen LogP contribution in [0.3, 0.4) is 0 Å². The lowest BCUT2D eigenvalue weighted by atomic mass is 9.99. The van der Waals surface area contributed by atoms with Crippen LogP contribution in [0.15, 0.2) is 0 Å². The summed E-state index contributed by atoms with van der Waals surface area (Å²) in [6.07, 6.45) is 14.3. The number of aliphatic hydroxyl groups excluding tert-OH is 2. The van der Waals surface area contributed by atoms with Crippen LogP contribution >= 0.6 is 0 Å². The molecule has 1 amide bonds. The van der Waals surface area contributed by atoms with E-state index in [0.29, 0.717) is 6.42 Å². The Hall–Kier alpha value is -0.810. The van der Waals surface area contributed by atoms with Crippen molar-refractivity contribution in [3.63, 3.8) is 0 Å². The first-order valence-corrected chi connectivity index (χ1v) is 9.95. The van der Waals surface area contributed by atoms with Crippen LogP contribution in [-0.4, -0.2) is 41.2 Å². The molecule has 3 unspecified atom stereocenters. The lowest BCUT2D eigenvalue weighted by Gasteiger charge is -2.20. The van der Waals surface area contributed by atoms with Crippen molar-refractivity contribution >= 4 is 6.09 Å². The Bertz CT molecular complexity index is 324. The molecule has 5 heteroatoms. The van der Waals surface area contributed by atoms with Crippen LogP contribution in [0.5, 0.6) is 0 Å². The molecule has 5 nitrogen and oxygen atoms in total. The minimum absolute atomic E-state index is 0.251. The van der Waals surface area contributed by atoms with Gasteiger partial charge >= 0.3 is 6.09 Å². The highest BCUT2D eigenvalue weighted by Gasteiger charge is 2.37. The molecule has 1 aliphatic rings. The second kappa shape index (κ2) is 13.5. The van der Waals surface area contributed by atoms with Gasteiger partial charge in [0, 0.05) is 0 Å². The highest BCUT2D eigenvalue weighted by Crippen LogP contribution is 2.17. The molecule has 142 valence electrons. The van der Waals surface area contributed by atoms with Gasteiger partial charge in [0.05, 0.1) is 18.8 Å². The van der Waals surface area contributed by atoms with E-state index in [2.05, 4.69) is 12.2 Å². The molecule has 0 saturated carbocycles. The van der Waals surface area contributed by atoms with Gasteiger partial charge in [-0.3, -0.25) is 0 Å². The van der Waals surface area contributed by atoms with E-state index in [1.54, 1.807) is 0 Å². The Balaban J connectivity index is 1.90. The summed E-state index contributed by atoms with van der Waals surface area (Å²) in [5.41, 5.74) is 0. The molecule has 1 heterocycles. The molecule has 0 spiro atoms. The molecule has 0 bridgehead atoms. The van der Waals surface area contributed by atoms with E-state index in [1.165, 1.54) is 64.2 Å². The zero-order valence-electron chi connectivity index (χ0n) is 15.3. The number of aliphatic hydroxyl groups is 2. The Morgan fingerprint density at radius 2 is 1.46 bits per heavy atom. The van der Waals surface area contributed by atoms with Gasteiger partial charge in [0.15, 0.2) is 0 Å². The summed E-state index contributed by atoms with van der Waals surface area (Å²) in [6.45, 7) is 2.00. The maximum atomic E-state index is 11.1. The normalized spacial score (nSPS) is 21.5. The van der Waals surface area contributed by atoms with Crippen LogP contribution in [0.4, 0.5) is 4.79 Å². The number of hydrogen-bond donors (Lipinski definition) is 3. The molecule has 1 saturated heterocycles. The van der Waals surface area contributed by atoms with Crippen molar-refractivity contribution in [3.8, 4) is 0 Å². The van der Waals surface area contributed by atoms with Gasteiger partial charge in [0.2, 0.25) is 0 Å². The number of carbonyl (C=O) groups is 1. The SMILES string of the molecule is CCCCCCCCCCCCCCC(O)C1NC(=O)OC1CO. The third-order valence-corrected chi connectivity index (χ3v) is 4.89. The van der Waals surface area contributed by atoms with Gasteiger partial charge in [-0.25, -0.2) is 4.79 Å². The molecule has 0 radical (unpaired) electrons. The predicted octanol–water partition coefficient (Wildman–Crippen LogP) is 3.91. The second-order valence-electron chi connectivity index (χ2n) is 7.04. The third-order valence-electron chi connectivity index (χ3n) is 4.89. The lowest BCUT2D eigenvalue weighted by molar-refractivity contribution is 0.0396. The highest BCUT2D eigenvalue weighted by atomic mass is 16.6. The fourth-order valence-electron chi connectivity index (χ4n) is 3.34. The number of carbonyl (C=O) groups excluding carboxylic acids is 1. The van der Waals surface area contributed by atoms with Crippen LogP contribution in [0.1, 0.15) is 90.4 Å². The quantitative estimate of drug-likeness (QED) is 0.394. The Kier molecular flexibility index (Phi) is 11.9. The van der Waals surface area contributed by atoms with Gasteiger partial charge in [-0.2, -0.15) is 0 Å². The summed E-state index contributed by atoms with van der Waals surface area (Å²) in [5.74, 6) is 0. The van der Waals surface area contributed by atoms with Crippen molar-refractivity contribution in [1.82, 2.24) is 5.32 Å². The fraction of sp³-hybridized carbons (Fsp3) is 0.947. The van der Waals surface area contributed by atoms with E-state index in [0.717, 1.165) is 12.8 Å². The van der Waals surface area contributed by atoms with Crippen molar-refractivity contribution < 1.29 is 19.7 Å². The van der Waals surface area contributed by atoms with Gasteiger partial charge in [-0.05, 0) is 6.42 Å². The van der Waals surface area contributed by atoms with Gasteiger partial charge < -0.3 is 20.3 Å². The van der Waals surface area contributed by atoms with Crippen molar-refractivity contribution in [2.75, 3.05) is 6.61 Å². The zero-order chi connectivity index (χ0) is 17.6. The van der Waals surface area contributed by atoms with E-state index in [9.17, 15) is 9.90 Å². The number of alkyl carbamates (subject to hydrolysis) is 1. The molecular formula is C19H37NO4. The van der Waals surface area contributed by atoms with E-state index >= 15 is 0 Å². The third kappa shape index (κ3) is 8.88. The van der Waals surface area contributed by atoms with Gasteiger partial charge in [-0.1, -0.05) is 84.0 Å². The van der Waals surface area contributed by atoms with E-state index in [4.69, 9.17) is 9.84 Å². The van der Waals surface area contributed by atoms with Crippen LogP contribution in [0.25, 0.3) is 0 Å². The highest BCUT2D eigenvalue weighted by molar-refractivity contribution is 5.70. The summed E-state index contributed by atoms with van der Waals surface area (Å²) in [5, 5.41) is 21.8. The average molecular weight is 344 g/mol. The molecule has 24 heavy (non-hydrogen) atoms. The topological polar surface area (TPSA) is 78.8 Å². The largest absolute Gasteiger partial charge is 0.441 e. The van der Waals surface area contributed by atoms with Crippen LogP contribution in [-0.2, 0) is 4.74 Å². The number of ether oxygens (including phenoxy) is 1. The predicted molar refractivity (Wildman–Crippen MR) is 96.0 cm³/mol. The Morgan fingerprint density at radius 3 is 1.96 bits per heavy atom. The van der Waals surface area contributed by atoms with Crippen molar-refractivity contribution in [1.29, 1.82) is 0 Å².